The number of fused-ring (bicyclic) bond motifs is 1. The molecule has 3 aromatic rings. The van der Waals surface area contributed by atoms with Gasteiger partial charge < -0.3 is 9.64 Å². The average Bonchev–Trinajstić information content (AvgIpc) is 3.15. The number of anilines is 1. The van der Waals surface area contributed by atoms with Gasteiger partial charge in [-0.3, -0.25) is 0 Å². The van der Waals surface area contributed by atoms with E-state index in [0.717, 1.165) is 55.2 Å². The maximum absolute atomic E-state index is 5.94. The Bertz CT molecular complexity index is 929. The van der Waals surface area contributed by atoms with E-state index in [0.29, 0.717) is 18.4 Å². The first kappa shape index (κ1) is 17.7. The van der Waals surface area contributed by atoms with Crippen LogP contribution in [0.5, 0.6) is 5.88 Å². The highest BCUT2D eigenvalue weighted by atomic mass is 16.5. The third-order valence-electron chi connectivity index (χ3n) is 5.32. The Morgan fingerprint density at radius 3 is 2.74 bits per heavy atom. The Morgan fingerprint density at radius 1 is 1.15 bits per heavy atom. The van der Waals surface area contributed by atoms with Crippen molar-refractivity contribution in [1.29, 1.82) is 0 Å². The Hall–Kier alpha value is -2.70. The van der Waals surface area contributed by atoms with Gasteiger partial charge in [-0.2, -0.15) is 14.7 Å². The van der Waals surface area contributed by atoms with Crippen LogP contribution in [0.1, 0.15) is 36.7 Å². The predicted molar refractivity (Wildman–Crippen MR) is 104 cm³/mol. The average molecular weight is 366 g/mol. The molecule has 0 aliphatic carbocycles. The molecule has 7 nitrogen and oxygen atoms in total. The first-order chi connectivity index (χ1) is 13.1. The lowest BCUT2D eigenvalue weighted by Gasteiger charge is -2.33. The molecule has 27 heavy (non-hydrogen) atoms. The molecule has 0 amide bonds. The molecule has 0 unspecified atom stereocenters. The smallest absolute Gasteiger partial charge is 0.233 e. The SMILES string of the molecule is CCc1cc(OCC2CCN(c3cc(C)nc4ccnn34)CC2)nnc1C. The summed E-state index contributed by atoms with van der Waals surface area (Å²) in [5, 5.41) is 12.8. The van der Waals surface area contributed by atoms with E-state index in [1.807, 2.05) is 30.5 Å². The second kappa shape index (κ2) is 7.50. The summed E-state index contributed by atoms with van der Waals surface area (Å²) in [5.74, 6) is 2.30. The van der Waals surface area contributed by atoms with Crippen molar-refractivity contribution in [3.05, 3.63) is 41.3 Å². The number of nitrogens with zero attached hydrogens (tertiary/aromatic N) is 6. The molecule has 1 aliphatic heterocycles. The minimum Gasteiger partial charge on any atom is -0.476 e. The minimum absolute atomic E-state index is 0.533. The van der Waals surface area contributed by atoms with Gasteiger partial charge in [0, 0.05) is 37.0 Å². The van der Waals surface area contributed by atoms with Crippen molar-refractivity contribution < 1.29 is 4.74 Å². The van der Waals surface area contributed by atoms with Crippen LogP contribution in [0, 0.1) is 19.8 Å². The van der Waals surface area contributed by atoms with Gasteiger partial charge >= 0.3 is 0 Å². The summed E-state index contributed by atoms with van der Waals surface area (Å²) in [7, 11) is 0. The zero-order valence-corrected chi connectivity index (χ0v) is 16.2. The molecular formula is C20H26N6O. The molecule has 0 spiro atoms. The Kier molecular flexibility index (Phi) is 4.92. The maximum atomic E-state index is 5.94. The van der Waals surface area contributed by atoms with Crippen LogP contribution in [0.2, 0.25) is 0 Å². The van der Waals surface area contributed by atoms with Gasteiger partial charge in [-0.1, -0.05) is 6.92 Å². The van der Waals surface area contributed by atoms with E-state index in [-0.39, 0.29) is 0 Å². The zero-order chi connectivity index (χ0) is 18.8. The standard InChI is InChI=1S/C20H26N6O/c1-4-17-12-19(24-23-15(17)3)27-13-16-6-9-25(10-7-16)20-11-14(2)22-18-5-8-21-26(18)20/h5,8,11-12,16H,4,6-7,9-10,13H2,1-3H3. The van der Waals surface area contributed by atoms with Gasteiger partial charge in [0.25, 0.3) is 0 Å². The predicted octanol–water partition coefficient (Wildman–Crippen LogP) is 2.99. The van der Waals surface area contributed by atoms with E-state index in [1.54, 1.807) is 6.20 Å². The van der Waals surface area contributed by atoms with Crippen molar-refractivity contribution in [1.82, 2.24) is 24.8 Å². The number of aryl methyl sites for hydroxylation is 3. The molecule has 142 valence electrons. The highest BCUT2D eigenvalue weighted by molar-refractivity contribution is 5.50. The molecule has 0 aromatic carbocycles. The summed E-state index contributed by atoms with van der Waals surface area (Å²) in [6.07, 6.45) is 4.93. The normalized spacial score (nSPS) is 15.4. The second-order valence-electron chi connectivity index (χ2n) is 7.25. The molecule has 4 rings (SSSR count). The Labute approximate surface area is 159 Å². The number of hydrogen-bond donors (Lipinski definition) is 0. The van der Waals surface area contributed by atoms with Crippen molar-refractivity contribution >= 4 is 11.5 Å². The van der Waals surface area contributed by atoms with Crippen LogP contribution in [0.4, 0.5) is 5.82 Å². The molecule has 0 saturated carbocycles. The van der Waals surface area contributed by atoms with Gasteiger partial charge in [-0.15, -0.1) is 5.10 Å². The minimum atomic E-state index is 0.533. The van der Waals surface area contributed by atoms with E-state index in [9.17, 15) is 0 Å². The van der Waals surface area contributed by atoms with Gasteiger partial charge in [0.15, 0.2) is 5.65 Å². The van der Waals surface area contributed by atoms with Crippen LogP contribution in [0.15, 0.2) is 24.4 Å². The Balaban J connectivity index is 1.37. The van der Waals surface area contributed by atoms with Crippen LogP contribution in [0.3, 0.4) is 0 Å². The van der Waals surface area contributed by atoms with Gasteiger partial charge in [0.05, 0.1) is 18.5 Å². The van der Waals surface area contributed by atoms with Crippen LogP contribution >= 0.6 is 0 Å². The lowest BCUT2D eigenvalue weighted by atomic mass is 9.98. The quantitative estimate of drug-likeness (QED) is 0.691. The van der Waals surface area contributed by atoms with Gasteiger partial charge in [-0.05, 0) is 44.6 Å². The van der Waals surface area contributed by atoms with Gasteiger partial charge in [0.2, 0.25) is 5.88 Å². The number of aromatic nitrogens is 5. The third-order valence-corrected chi connectivity index (χ3v) is 5.32. The number of hydrogen-bond acceptors (Lipinski definition) is 6. The third kappa shape index (κ3) is 3.72. The highest BCUT2D eigenvalue weighted by Crippen LogP contribution is 2.25. The fraction of sp³-hybridized carbons (Fsp3) is 0.500. The van der Waals surface area contributed by atoms with Crippen molar-refractivity contribution in [2.24, 2.45) is 5.92 Å². The Morgan fingerprint density at radius 2 is 1.96 bits per heavy atom. The molecule has 7 heteroatoms. The van der Waals surface area contributed by atoms with E-state index in [2.05, 4.69) is 38.2 Å². The zero-order valence-electron chi connectivity index (χ0n) is 16.2. The van der Waals surface area contributed by atoms with Gasteiger partial charge in [0.1, 0.15) is 5.82 Å². The number of piperidine rings is 1. The molecule has 1 saturated heterocycles. The van der Waals surface area contributed by atoms with Crippen molar-refractivity contribution in [2.45, 2.75) is 40.0 Å². The largest absolute Gasteiger partial charge is 0.476 e. The maximum Gasteiger partial charge on any atom is 0.233 e. The first-order valence-corrected chi connectivity index (χ1v) is 9.66. The lowest BCUT2D eigenvalue weighted by Crippen LogP contribution is -2.36. The van der Waals surface area contributed by atoms with E-state index in [1.165, 1.54) is 5.56 Å². The molecule has 0 radical (unpaired) electrons. The van der Waals surface area contributed by atoms with E-state index >= 15 is 0 Å². The van der Waals surface area contributed by atoms with Crippen LogP contribution in [-0.2, 0) is 6.42 Å². The molecule has 4 heterocycles. The molecule has 0 N–H and O–H groups in total. The molecule has 0 bridgehead atoms. The topological polar surface area (TPSA) is 68.4 Å². The van der Waals surface area contributed by atoms with Crippen molar-refractivity contribution in [3.8, 4) is 5.88 Å². The summed E-state index contributed by atoms with van der Waals surface area (Å²) >= 11 is 0. The van der Waals surface area contributed by atoms with Crippen molar-refractivity contribution in [2.75, 3.05) is 24.6 Å². The number of rotatable bonds is 5. The summed E-state index contributed by atoms with van der Waals surface area (Å²) in [5.41, 5.74) is 4.11. The molecule has 1 fully saturated rings. The monoisotopic (exact) mass is 366 g/mol. The van der Waals surface area contributed by atoms with Gasteiger partial charge in [-0.25, -0.2) is 4.98 Å². The summed E-state index contributed by atoms with van der Waals surface area (Å²) in [6.45, 7) is 8.83. The lowest BCUT2D eigenvalue weighted by molar-refractivity contribution is 0.213. The summed E-state index contributed by atoms with van der Waals surface area (Å²) in [6, 6.07) is 6.08. The fourth-order valence-electron chi connectivity index (χ4n) is 3.67. The number of ether oxygens (including phenoxy) is 1. The van der Waals surface area contributed by atoms with Crippen LogP contribution in [0.25, 0.3) is 5.65 Å². The summed E-state index contributed by atoms with van der Waals surface area (Å²) < 4.78 is 7.87. The molecule has 0 atom stereocenters. The van der Waals surface area contributed by atoms with Crippen LogP contribution in [-0.4, -0.2) is 44.5 Å². The molecular weight excluding hydrogens is 340 g/mol. The summed E-state index contributed by atoms with van der Waals surface area (Å²) in [4.78, 5) is 6.93. The molecule has 1 aliphatic rings. The van der Waals surface area contributed by atoms with Crippen LogP contribution < -0.4 is 9.64 Å². The fourth-order valence-corrected chi connectivity index (χ4v) is 3.67. The van der Waals surface area contributed by atoms with E-state index < -0.39 is 0 Å². The molecule has 3 aromatic heterocycles. The van der Waals surface area contributed by atoms with Crippen molar-refractivity contribution in [3.63, 3.8) is 0 Å². The van der Waals surface area contributed by atoms with E-state index in [4.69, 9.17) is 4.74 Å². The second-order valence-corrected chi connectivity index (χ2v) is 7.25. The first-order valence-electron chi connectivity index (χ1n) is 9.66. The highest BCUT2D eigenvalue weighted by Gasteiger charge is 2.22.